The smallest absolute Gasteiger partial charge is 0.220 e. The van der Waals surface area contributed by atoms with E-state index in [1.165, 1.54) is 36.0 Å². The number of nitrogens with one attached hydrogen (secondary N) is 1. The fourth-order valence-electron chi connectivity index (χ4n) is 3.46. The summed E-state index contributed by atoms with van der Waals surface area (Å²) in [6.45, 7) is 4.18. The Morgan fingerprint density at radius 1 is 1.21 bits per heavy atom. The van der Waals surface area contributed by atoms with Gasteiger partial charge in [-0.1, -0.05) is 26.0 Å². The first kappa shape index (κ1) is 12.7. The number of amides is 1. The third kappa shape index (κ3) is 2.54. The van der Waals surface area contributed by atoms with E-state index in [-0.39, 0.29) is 11.9 Å². The van der Waals surface area contributed by atoms with Crippen LogP contribution in [0.3, 0.4) is 0 Å². The van der Waals surface area contributed by atoms with E-state index < -0.39 is 0 Å². The summed E-state index contributed by atoms with van der Waals surface area (Å²) in [5.74, 6) is 0.634. The Morgan fingerprint density at radius 2 is 1.95 bits per heavy atom. The SMILES string of the molecule is CC(C)CC(=O)NC1CCc2cc3c(cc21)CCC3. The summed E-state index contributed by atoms with van der Waals surface area (Å²) in [6.07, 6.45) is 6.58. The van der Waals surface area contributed by atoms with E-state index in [1.54, 1.807) is 5.56 Å². The van der Waals surface area contributed by atoms with Gasteiger partial charge in [-0.3, -0.25) is 4.79 Å². The molecular formula is C17H23NO. The van der Waals surface area contributed by atoms with E-state index in [0.717, 1.165) is 12.8 Å². The summed E-state index contributed by atoms with van der Waals surface area (Å²) in [5, 5.41) is 3.22. The van der Waals surface area contributed by atoms with Crippen molar-refractivity contribution in [2.24, 2.45) is 5.92 Å². The van der Waals surface area contributed by atoms with Crippen LogP contribution >= 0.6 is 0 Å². The van der Waals surface area contributed by atoms with Crippen LogP contribution in [0.2, 0.25) is 0 Å². The van der Waals surface area contributed by atoms with Gasteiger partial charge in [-0.05, 0) is 60.3 Å². The molecule has 2 aliphatic rings. The monoisotopic (exact) mass is 257 g/mol. The number of carbonyl (C=O) groups is 1. The van der Waals surface area contributed by atoms with Crippen molar-refractivity contribution in [3.63, 3.8) is 0 Å². The summed E-state index contributed by atoms with van der Waals surface area (Å²) in [4.78, 5) is 11.9. The Bertz CT molecular complexity index is 504. The van der Waals surface area contributed by atoms with Crippen LogP contribution in [0.5, 0.6) is 0 Å². The minimum absolute atomic E-state index is 0.202. The second-order valence-corrected chi connectivity index (χ2v) is 6.43. The van der Waals surface area contributed by atoms with Crippen LogP contribution in [0, 0.1) is 5.92 Å². The molecular weight excluding hydrogens is 234 g/mol. The maximum Gasteiger partial charge on any atom is 0.220 e. The Hall–Kier alpha value is -1.31. The Labute approximate surface area is 115 Å². The molecule has 0 radical (unpaired) electrons. The lowest BCUT2D eigenvalue weighted by Gasteiger charge is -2.16. The van der Waals surface area contributed by atoms with E-state index in [1.807, 2.05) is 0 Å². The Kier molecular flexibility index (Phi) is 3.34. The van der Waals surface area contributed by atoms with Crippen molar-refractivity contribution in [1.29, 1.82) is 0 Å². The predicted molar refractivity (Wildman–Crippen MR) is 77.1 cm³/mol. The number of benzene rings is 1. The third-order valence-corrected chi connectivity index (χ3v) is 4.36. The molecule has 0 spiro atoms. The number of rotatable bonds is 3. The molecule has 0 saturated heterocycles. The molecule has 2 nitrogen and oxygen atoms in total. The maximum atomic E-state index is 11.9. The zero-order chi connectivity index (χ0) is 13.4. The minimum Gasteiger partial charge on any atom is -0.349 e. The van der Waals surface area contributed by atoms with Gasteiger partial charge in [-0.25, -0.2) is 0 Å². The highest BCUT2D eigenvalue weighted by Gasteiger charge is 2.26. The maximum absolute atomic E-state index is 11.9. The molecule has 19 heavy (non-hydrogen) atoms. The van der Waals surface area contributed by atoms with Crippen molar-refractivity contribution in [3.8, 4) is 0 Å². The summed E-state index contributed by atoms with van der Waals surface area (Å²) < 4.78 is 0. The molecule has 0 saturated carbocycles. The number of aryl methyl sites for hydroxylation is 3. The largest absolute Gasteiger partial charge is 0.349 e. The Balaban J connectivity index is 1.76. The van der Waals surface area contributed by atoms with Crippen LogP contribution < -0.4 is 5.32 Å². The first-order valence-electron chi connectivity index (χ1n) is 7.57. The molecule has 0 bridgehead atoms. The molecule has 3 rings (SSSR count). The van der Waals surface area contributed by atoms with Crippen LogP contribution in [-0.2, 0) is 24.1 Å². The van der Waals surface area contributed by atoms with Crippen molar-refractivity contribution < 1.29 is 4.79 Å². The van der Waals surface area contributed by atoms with Gasteiger partial charge in [0.2, 0.25) is 5.91 Å². The van der Waals surface area contributed by atoms with Gasteiger partial charge in [0.05, 0.1) is 6.04 Å². The van der Waals surface area contributed by atoms with Gasteiger partial charge in [0, 0.05) is 6.42 Å². The molecule has 2 aliphatic carbocycles. The molecule has 1 aromatic carbocycles. The molecule has 1 N–H and O–H groups in total. The second kappa shape index (κ2) is 4.99. The van der Waals surface area contributed by atoms with Crippen molar-refractivity contribution in [1.82, 2.24) is 5.32 Å². The van der Waals surface area contributed by atoms with Crippen molar-refractivity contribution in [3.05, 3.63) is 34.4 Å². The van der Waals surface area contributed by atoms with Crippen molar-refractivity contribution in [2.75, 3.05) is 0 Å². The standard InChI is InChI=1S/C17H23NO/c1-11(2)8-17(19)18-16-7-6-14-9-12-4-3-5-13(12)10-15(14)16/h9-11,16H,3-8H2,1-2H3,(H,18,19). The van der Waals surface area contributed by atoms with E-state index in [4.69, 9.17) is 0 Å². The first-order valence-corrected chi connectivity index (χ1v) is 7.57. The number of carbonyl (C=O) groups excluding carboxylic acids is 1. The zero-order valence-corrected chi connectivity index (χ0v) is 12.0. The number of hydrogen-bond acceptors (Lipinski definition) is 1. The van der Waals surface area contributed by atoms with Crippen molar-refractivity contribution >= 4 is 5.91 Å². The Morgan fingerprint density at radius 3 is 2.68 bits per heavy atom. The van der Waals surface area contributed by atoms with Gasteiger partial charge >= 0.3 is 0 Å². The molecule has 0 aromatic heterocycles. The lowest BCUT2D eigenvalue weighted by Crippen LogP contribution is -2.28. The summed E-state index contributed by atoms with van der Waals surface area (Å²) >= 11 is 0. The molecule has 102 valence electrons. The molecule has 1 aromatic rings. The van der Waals surface area contributed by atoms with Crippen molar-refractivity contribution in [2.45, 2.75) is 58.4 Å². The molecule has 0 heterocycles. The van der Waals surface area contributed by atoms with E-state index >= 15 is 0 Å². The van der Waals surface area contributed by atoms with Crippen LogP contribution in [0.1, 0.15) is 61.4 Å². The summed E-state index contributed by atoms with van der Waals surface area (Å²) in [7, 11) is 0. The molecule has 0 aliphatic heterocycles. The van der Waals surface area contributed by atoms with Crippen LogP contribution in [0.25, 0.3) is 0 Å². The van der Waals surface area contributed by atoms with Crippen LogP contribution in [-0.4, -0.2) is 5.91 Å². The van der Waals surface area contributed by atoms with Gasteiger partial charge in [-0.2, -0.15) is 0 Å². The first-order chi connectivity index (χ1) is 9.13. The summed E-state index contributed by atoms with van der Waals surface area (Å²) in [5.41, 5.74) is 5.92. The quantitative estimate of drug-likeness (QED) is 0.884. The normalized spacial score (nSPS) is 20.5. The average Bonchev–Trinajstić information content (AvgIpc) is 2.92. The molecule has 0 fully saturated rings. The topological polar surface area (TPSA) is 29.1 Å². The second-order valence-electron chi connectivity index (χ2n) is 6.43. The van der Waals surface area contributed by atoms with Gasteiger partial charge in [-0.15, -0.1) is 0 Å². The van der Waals surface area contributed by atoms with Crippen LogP contribution in [0.15, 0.2) is 12.1 Å². The highest BCUT2D eigenvalue weighted by Crippen LogP contribution is 2.36. The van der Waals surface area contributed by atoms with E-state index in [9.17, 15) is 4.79 Å². The van der Waals surface area contributed by atoms with Gasteiger partial charge in [0.1, 0.15) is 0 Å². The van der Waals surface area contributed by atoms with Gasteiger partial charge in [0.25, 0.3) is 0 Å². The highest BCUT2D eigenvalue weighted by atomic mass is 16.1. The van der Waals surface area contributed by atoms with Gasteiger partial charge < -0.3 is 5.32 Å². The highest BCUT2D eigenvalue weighted by molar-refractivity contribution is 5.76. The fraction of sp³-hybridized carbons (Fsp3) is 0.588. The third-order valence-electron chi connectivity index (χ3n) is 4.36. The fourth-order valence-corrected chi connectivity index (χ4v) is 3.46. The number of fused-ring (bicyclic) bond motifs is 2. The molecule has 1 amide bonds. The summed E-state index contributed by atoms with van der Waals surface area (Å²) in [6, 6.07) is 5.02. The molecule has 1 atom stereocenters. The lowest BCUT2D eigenvalue weighted by molar-refractivity contribution is -0.122. The van der Waals surface area contributed by atoms with Crippen LogP contribution in [0.4, 0.5) is 0 Å². The predicted octanol–water partition coefficient (Wildman–Crippen LogP) is 3.32. The van der Waals surface area contributed by atoms with E-state index in [0.29, 0.717) is 12.3 Å². The van der Waals surface area contributed by atoms with E-state index in [2.05, 4.69) is 31.3 Å². The minimum atomic E-state index is 0.202. The number of hydrogen-bond donors (Lipinski definition) is 1. The molecule has 2 heteroatoms. The zero-order valence-electron chi connectivity index (χ0n) is 12.0. The molecule has 1 unspecified atom stereocenters. The average molecular weight is 257 g/mol. The van der Waals surface area contributed by atoms with Gasteiger partial charge in [0.15, 0.2) is 0 Å². The lowest BCUT2D eigenvalue weighted by atomic mass is 10.0.